The van der Waals surface area contributed by atoms with E-state index in [4.69, 9.17) is 16.3 Å². The Labute approximate surface area is 158 Å². The van der Waals surface area contributed by atoms with Crippen molar-refractivity contribution < 1.29 is 18.7 Å². The second-order valence-electron chi connectivity index (χ2n) is 5.52. The van der Waals surface area contributed by atoms with Crippen molar-refractivity contribution in [3.05, 3.63) is 45.7 Å². The fourth-order valence-electron chi connectivity index (χ4n) is 2.35. The van der Waals surface area contributed by atoms with Gasteiger partial charge in [0.05, 0.1) is 30.9 Å². The number of aromatic nitrogens is 1. The van der Waals surface area contributed by atoms with Crippen LogP contribution in [0.25, 0.3) is 0 Å². The highest BCUT2D eigenvalue weighted by Gasteiger charge is 2.17. The molecule has 3 rings (SSSR count). The minimum absolute atomic E-state index is 0.00419. The molecule has 2 heterocycles. The molecule has 1 aliphatic heterocycles. The summed E-state index contributed by atoms with van der Waals surface area (Å²) in [4.78, 5) is 30.4. The number of amides is 2. The first-order valence-corrected chi connectivity index (χ1v) is 9.10. The Morgan fingerprint density at radius 3 is 2.81 bits per heavy atom. The number of hydrazine groups is 1. The molecule has 2 N–H and O–H groups in total. The van der Waals surface area contributed by atoms with Crippen molar-refractivity contribution in [1.29, 1.82) is 0 Å². The fourth-order valence-corrected chi connectivity index (χ4v) is 3.39. The van der Waals surface area contributed by atoms with Crippen molar-refractivity contribution in [3.8, 4) is 0 Å². The van der Waals surface area contributed by atoms with Gasteiger partial charge in [0.2, 0.25) is 5.91 Å². The van der Waals surface area contributed by atoms with E-state index < -0.39 is 17.6 Å². The third-order valence-corrected chi connectivity index (χ3v) is 4.84. The molecule has 2 amide bonds. The number of carbonyl (C=O) groups excluding carboxylic acids is 2. The van der Waals surface area contributed by atoms with Gasteiger partial charge in [0.25, 0.3) is 5.91 Å². The van der Waals surface area contributed by atoms with Gasteiger partial charge in [0, 0.05) is 23.5 Å². The first kappa shape index (κ1) is 18.6. The van der Waals surface area contributed by atoms with Crippen LogP contribution < -0.4 is 15.8 Å². The highest BCUT2D eigenvalue weighted by atomic mass is 35.5. The molecule has 1 fully saturated rings. The van der Waals surface area contributed by atoms with Gasteiger partial charge in [-0.1, -0.05) is 11.6 Å². The van der Waals surface area contributed by atoms with Crippen LogP contribution in [0.3, 0.4) is 0 Å². The Morgan fingerprint density at radius 2 is 2.08 bits per heavy atom. The summed E-state index contributed by atoms with van der Waals surface area (Å²) in [7, 11) is 0. The zero-order valence-electron chi connectivity index (χ0n) is 13.6. The summed E-state index contributed by atoms with van der Waals surface area (Å²) in [5, 5.41) is 2.82. The summed E-state index contributed by atoms with van der Waals surface area (Å²) in [5.41, 5.74) is 4.82. The highest BCUT2D eigenvalue weighted by molar-refractivity contribution is 7.13. The molecule has 0 saturated carbocycles. The number of carbonyl (C=O) groups is 2. The predicted molar refractivity (Wildman–Crippen MR) is 95.9 cm³/mol. The molecule has 1 aromatic heterocycles. The van der Waals surface area contributed by atoms with Gasteiger partial charge in [0.1, 0.15) is 5.82 Å². The first-order valence-electron chi connectivity index (χ1n) is 7.84. The first-order chi connectivity index (χ1) is 12.5. The van der Waals surface area contributed by atoms with Crippen molar-refractivity contribution in [2.24, 2.45) is 0 Å². The van der Waals surface area contributed by atoms with Gasteiger partial charge >= 0.3 is 0 Å². The lowest BCUT2D eigenvalue weighted by Crippen LogP contribution is -2.42. The number of ether oxygens (including phenoxy) is 1. The average Bonchev–Trinajstić information content (AvgIpc) is 3.09. The number of halogens is 2. The summed E-state index contributed by atoms with van der Waals surface area (Å²) < 4.78 is 19.0. The molecular weight excluding hydrogens is 383 g/mol. The van der Waals surface area contributed by atoms with E-state index in [2.05, 4.69) is 20.7 Å². The quantitative estimate of drug-likeness (QED) is 0.767. The second kappa shape index (κ2) is 8.43. The third kappa shape index (κ3) is 4.69. The number of morpholine rings is 1. The molecule has 0 radical (unpaired) electrons. The number of nitrogens with one attached hydrogen (secondary N) is 2. The number of benzene rings is 1. The molecule has 26 heavy (non-hydrogen) atoms. The van der Waals surface area contributed by atoms with E-state index in [0.29, 0.717) is 18.9 Å². The van der Waals surface area contributed by atoms with Crippen molar-refractivity contribution in [2.45, 2.75) is 6.42 Å². The van der Waals surface area contributed by atoms with E-state index in [9.17, 15) is 14.0 Å². The minimum atomic E-state index is -0.765. The van der Waals surface area contributed by atoms with E-state index in [-0.39, 0.29) is 17.0 Å². The molecule has 138 valence electrons. The van der Waals surface area contributed by atoms with E-state index in [1.165, 1.54) is 23.5 Å². The Kier molecular flexibility index (Phi) is 6.02. The van der Waals surface area contributed by atoms with Crippen LogP contribution in [-0.4, -0.2) is 43.1 Å². The average molecular weight is 399 g/mol. The van der Waals surface area contributed by atoms with Crippen LogP contribution in [0.2, 0.25) is 5.02 Å². The van der Waals surface area contributed by atoms with Crippen LogP contribution in [0.5, 0.6) is 0 Å². The number of anilines is 1. The number of hydrogen-bond acceptors (Lipinski definition) is 6. The van der Waals surface area contributed by atoms with Gasteiger partial charge in [-0.15, -0.1) is 11.3 Å². The van der Waals surface area contributed by atoms with Gasteiger partial charge in [-0.3, -0.25) is 20.4 Å². The van der Waals surface area contributed by atoms with Crippen LogP contribution in [0.4, 0.5) is 9.52 Å². The molecule has 1 saturated heterocycles. The SMILES string of the molecule is O=C(Cc1csc(N2CCOCC2)n1)NNC(=O)c1ccc(Cl)cc1F. The molecule has 10 heteroatoms. The van der Waals surface area contributed by atoms with E-state index in [1.807, 2.05) is 0 Å². The molecule has 0 atom stereocenters. The normalized spacial score (nSPS) is 14.2. The Morgan fingerprint density at radius 1 is 1.31 bits per heavy atom. The van der Waals surface area contributed by atoms with Gasteiger partial charge in [-0.25, -0.2) is 9.37 Å². The summed E-state index contributed by atoms with van der Waals surface area (Å²) in [6.07, 6.45) is 0.00419. The van der Waals surface area contributed by atoms with Gasteiger partial charge in [-0.05, 0) is 18.2 Å². The summed E-state index contributed by atoms with van der Waals surface area (Å²) in [5.74, 6) is -1.98. The summed E-state index contributed by atoms with van der Waals surface area (Å²) in [6, 6.07) is 3.67. The van der Waals surface area contributed by atoms with Gasteiger partial charge in [0.15, 0.2) is 5.13 Å². The number of thiazole rings is 1. The molecular formula is C16H16ClFN4O3S. The van der Waals surface area contributed by atoms with E-state index in [0.717, 1.165) is 24.3 Å². The van der Waals surface area contributed by atoms with E-state index in [1.54, 1.807) is 5.38 Å². The van der Waals surface area contributed by atoms with Gasteiger partial charge < -0.3 is 9.64 Å². The molecule has 7 nitrogen and oxygen atoms in total. The van der Waals surface area contributed by atoms with Crippen LogP contribution in [0.15, 0.2) is 23.6 Å². The largest absolute Gasteiger partial charge is 0.378 e. The third-order valence-electron chi connectivity index (χ3n) is 3.65. The van der Waals surface area contributed by atoms with Crippen LogP contribution in [-0.2, 0) is 16.0 Å². The molecule has 0 bridgehead atoms. The predicted octanol–water partition coefficient (Wildman–Crippen LogP) is 1.78. The lowest BCUT2D eigenvalue weighted by atomic mass is 10.2. The smallest absolute Gasteiger partial charge is 0.272 e. The number of rotatable bonds is 4. The fraction of sp³-hybridized carbons (Fsp3) is 0.312. The topological polar surface area (TPSA) is 83.6 Å². The number of nitrogens with zero attached hydrogens (tertiary/aromatic N) is 2. The maximum absolute atomic E-state index is 13.7. The lowest BCUT2D eigenvalue weighted by molar-refractivity contribution is -0.121. The standard InChI is InChI=1S/C16H16ClFN4O3S/c17-10-1-2-12(13(18)7-10)15(24)21-20-14(23)8-11-9-26-16(19-11)22-3-5-25-6-4-22/h1-2,7,9H,3-6,8H2,(H,20,23)(H,21,24). The van der Waals surface area contributed by atoms with Crippen molar-refractivity contribution >= 4 is 39.9 Å². The van der Waals surface area contributed by atoms with Crippen LogP contribution >= 0.6 is 22.9 Å². The Balaban J connectivity index is 1.51. The molecule has 0 aliphatic carbocycles. The molecule has 2 aromatic rings. The van der Waals surface area contributed by atoms with Gasteiger partial charge in [-0.2, -0.15) is 0 Å². The zero-order chi connectivity index (χ0) is 18.5. The van der Waals surface area contributed by atoms with Crippen molar-refractivity contribution in [2.75, 3.05) is 31.2 Å². The monoisotopic (exact) mass is 398 g/mol. The minimum Gasteiger partial charge on any atom is -0.378 e. The highest BCUT2D eigenvalue weighted by Crippen LogP contribution is 2.21. The lowest BCUT2D eigenvalue weighted by Gasteiger charge is -2.26. The van der Waals surface area contributed by atoms with Crippen molar-refractivity contribution in [3.63, 3.8) is 0 Å². The molecule has 1 aliphatic rings. The zero-order valence-corrected chi connectivity index (χ0v) is 15.2. The maximum atomic E-state index is 13.7. The summed E-state index contributed by atoms with van der Waals surface area (Å²) in [6.45, 7) is 2.84. The molecule has 0 unspecified atom stereocenters. The summed E-state index contributed by atoms with van der Waals surface area (Å²) >= 11 is 7.09. The second-order valence-corrected chi connectivity index (χ2v) is 6.80. The Hall–Kier alpha value is -2.23. The van der Waals surface area contributed by atoms with Crippen LogP contribution in [0, 0.1) is 5.82 Å². The molecule has 0 spiro atoms. The number of hydrogen-bond donors (Lipinski definition) is 2. The molecule has 1 aromatic carbocycles. The van der Waals surface area contributed by atoms with Crippen LogP contribution in [0.1, 0.15) is 16.1 Å². The Bertz CT molecular complexity index is 811. The van der Waals surface area contributed by atoms with Crippen molar-refractivity contribution in [1.82, 2.24) is 15.8 Å². The maximum Gasteiger partial charge on any atom is 0.272 e. The van der Waals surface area contributed by atoms with E-state index >= 15 is 0 Å².